The van der Waals surface area contributed by atoms with Crippen LogP contribution in [0, 0.1) is 5.41 Å². The van der Waals surface area contributed by atoms with E-state index in [1.54, 1.807) is 0 Å². The summed E-state index contributed by atoms with van der Waals surface area (Å²) in [4.78, 5) is 12.2. The molecule has 17 heavy (non-hydrogen) atoms. The molecule has 1 aliphatic heterocycles. The van der Waals surface area contributed by atoms with E-state index in [0.29, 0.717) is 6.54 Å². The molecule has 2 aliphatic rings. The zero-order chi connectivity index (χ0) is 12.1. The van der Waals surface area contributed by atoms with Crippen molar-refractivity contribution in [3.05, 3.63) is 0 Å². The van der Waals surface area contributed by atoms with E-state index in [-0.39, 0.29) is 17.4 Å². The summed E-state index contributed by atoms with van der Waals surface area (Å²) in [5.74, 6) is 0.214. The minimum absolute atomic E-state index is 0.139. The molecular weight excluding hydrogens is 216 g/mol. The Hall–Kier alpha value is -0.610. The topological polar surface area (TPSA) is 50.4 Å². The van der Waals surface area contributed by atoms with Crippen LogP contribution in [-0.2, 0) is 9.53 Å². The molecule has 0 aromatic rings. The maximum Gasteiger partial charge on any atom is 0.226 e. The molecule has 1 saturated heterocycles. The van der Waals surface area contributed by atoms with Gasteiger partial charge in [0.1, 0.15) is 0 Å². The van der Waals surface area contributed by atoms with Crippen molar-refractivity contribution in [3.8, 4) is 0 Å². The van der Waals surface area contributed by atoms with Gasteiger partial charge in [-0.1, -0.05) is 26.2 Å². The highest BCUT2D eigenvalue weighted by Gasteiger charge is 2.34. The highest BCUT2D eigenvalue weighted by Crippen LogP contribution is 2.35. The molecule has 2 rings (SSSR count). The highest BCUT2D eigenvalue weighted by molar-refractivity contribution is 5.82. The summed E-state index contributed by atoms with van der Waals surface area (Å²) in [5.41, 5.74) is -0.139. The van der Waals surface area contributed by atoms with E-state index >= 15 is 0 Å². The van der Waals surface area contributed by atoms with E-state index in [0.717, 1.165) is 32.5 Å². The average molecular weight is 240 g/mol. The Kier molecular flexibility index (Phi) is 4.40. The standard InChI is InChI=1S/C13H24N2O2/c1-13(5-3-2-4-6-13)12(16)15-10-11-9-14-7-8-17-11/h11,14H,2-10H2,1H3,(H,15,16). The lowest BCUT2D eigenvalue weighted by molar-refractivity contribution is -0.132. The summed E-state index contributed by atoms with van der Waals surface area (Å²) in [7, 11) is 0. The van der Waals surface area contributed by atoms with Crippen molar-refractivity contribution in [2.24, 2.45) is 5.41 Å². The van der Waals surface area contributed by atoms with Gasteiger partial charge >= 0.3 is 0 Å². The summed E-state index contributed by atoms with van der Waals surface area (Å²) >= 11 is 0. The smallest absolute Gasteiger partial charge is 0.226 e. The van der Waals surface area contributed by atoms with Crippen LogP contribution in [0.2, 0.25) is 0 Å². The molecule has 1 amide bonds. The number of carbonyl (C=O) groups excluding carboxylic acids is 1. The highest BCUT2D eigenvalue weighted by atomic mass is 16.5. The van der Waals surface area contributed by atoms with Gasteiger partial charge in [-0.05, 0) is 12.8 Å². The molecule has 1 heterocycles. The fourth-order valence-electron chi connectivity index (χ4n) is 2.73. The second kappa shape index (κ2) is 5.83. The largest absolute Gasteiger partial charge is 0.374 e. The Bertz CT molecular complexity index is 256. The lowest BCUT2D eigenvalue weighted by Crippen LogP contribution is -2.48. The summed E-state index contributed by atoms with van der Waals surface area (Å²) in [5, 5.41) is 6.33. The van der Waals surface area contributed by atoms with E-state index < -0.39 is 0 Å². The molecule has 0 aromatic heterocycles. The summed E-state index contributed by atoms with van der Waals surface area (Å²) in [6.07, 6.45) is 5.85. The van der Waals surface area contributed by atoms with Crippen molar-refractivity contribution in [2.75, 3.05) is 26.2 Å². The average Bonchev–Trinajstić information content (AvgIpc) is 2.38. The number of morpholine rings is 1. The van der Waals surface area contributed by atoms with Crippen molar-refractivity contribution in [1.82, 2.24) is 10.6 Å². The molecule has 4 heteroatoms. The lowest BCUT2D eigenvalue weighted by Gasteiger charge is -2.33. The van der Waals surface area contributed by atoms with Gasteiger partial charge in [0.2, 0.25) is 5.91 Å². The molecule has 4 nitrogen and oxygen atoms in total. The first-order valence-corrected chi connectivity index (χ1v) is 6.81. The number of rotatable bonds is 3. The number of amides is 1. The second-order valence-electron chi connectivity index (χ2n) is 5.53. The summed E-state index contributed by atoms with van der Waals surface area (Å²) < 4.78 is 5.57. The van der Waals surface area contributed by atoms with Crippen LogP contribution < -0.4 is 10.6 Å². The van der Waals surface area contributed by atoms with Gasteiger partial charge in [-0.2, -0.15) is 0 Å². The van der Waals surface area contributed by atoms with Gasteiger partial charge in [0, 0.05) is 25.0 Å². The van der Waals surface area contributed by atoms with Crippen molar-refractivity contribution >= 4 is 5.91 Å². The van der Waals surface area contributed by atoms with Crippen LogP contribution >= 0.6 is 0 Å². The predicted molar refractivity (Wildman–Crippen MR) is 66.8 cm³/mol. The number of carbonyl (C=O) groups is 1. The summed E-state index contributed by atoms with van der Waals surface area (Å²) in [6.45, 7) is 5.25. The molecule has 0 aromatic carbocycles. The van der Waals surface area contributed by atoms with Crippen LogP contribution in [0.4, 0.5) is 0 Å². The Balaban J connectivity index is 1.75. The third-order valence-corrected chi connectivity index (χ3v) is 4.00. The van der Waals surface area contributed by atoms with Crippen LogP contribution in [-0.4, -0.2) is 38.3 Å². The molecule has 0 radical (unpaired) electrons. The van der Waals surface area contributed by atoms with Crippen LogP contribution in [0.1, 0.15) is 39.0 Å². The van der Waals surface area contributed by atoms with Crippen molar-refractivity contribution < 1.29 is 9.53 Å². The van der Waals surface area contributed by atoms with Crippen LogP contribution in [0.25, 0.3) is 0 Å². The minimum Gasteiger partial charge on any atom is -0.374 e. The SMILES string of the molecule is CC1(C(=O)NCC2CNCCO2)CCCCC1. The predicted octanol–water partition coefficient (Wildman–Crippen LogP) is 1.06. The zero-order valence-electron chi connectivity index (χ0n) is 10.8. The number of hydrogen-bond donors (Lipinski definition) is 2. The maximum atomic E-state index is 12.2. The molecule has 0 bridgehead atoms. The van der Waals surface area contributed by atoms with Crippen molar-refractivity contribution in [2.45, 2.75) is 45.1 Å². The molecule has 0 spiro atoms. The minimum atomic E-state index is -0.139. The van der Waals surface area contributed by atoms with Crippen LogP contribution in [0.3, 0.4) is 0 Å². The Morgan fingerprint density at radius 2 is 2.18 bits per heavy atom. The van der Waals surface area contributed by atoms with E-state index in [9.17, 15) is 4.79 Å². The van der Waals surface area contributed by atoms with Gasteiger partial charge in [-0.3, -0.25) is 4.79 Å². The first-order chi connectivity index (χ1) is 8.21. The molecule has 2 N–H and O–H groups in total. The fraction of sp³-hybridized carbons (Fsp3) is 0.923. The Labute approximate surface area is 103 Å². The quantitative estimate of drug-likeness (QED) is 0.775. The van der Waals surface area contributed by atoms with Crippen molar-refractivity contribution in [1.29, 1.82) is 0 Å². The number of nitrogens with one attached hydrogen (secondary N) is 2. The van der Waals surface area contributed by atoms with E-state index in [2.05, 4.69) is 17.6 Å². The second-order valence-corrected chi connectivity index (χ2v) is 5.53. The molecule has 1 unspecified atom stereocenters. The number of hydrogen-bond acceptors (Lipinski definition) is 3. The third kappa shape index (κ3) is 3.42. The summed E-state index contributed by atoms with van der Waals surface area (Å²) in [6, 6.07) is 0. The van der Waals surface area contributed by atoms with Crippen LogP contribution in [0.15, 0.2) is 0 Å². The van der Waals surface area contributed by atoms with E-state index in [4.69, 9.17) is 4.74 Å². The molecule has 1 aliphatic carbocycles. The number of ether oxygens (including phenoxy) is 1. The third-order valence-electron chi connectivity index (χ3n) is 4.00. The normalized spacial score (nSPS) is 28.6. The molecule has 1 saturated carbocycles. The first-order valence-electron chi connectivity index (χ1n) is 6.81. The van der Waals surface area contributed by atoms with Gasteiger partial charge in [-0.25, -0.2) is 0 Å². The monoisotopic (exact) mass is 240 g/mol. The van der Waals surface area contributed by atoms with E-state index in [1.165, 1.54) is 19.3 Å². The van der Waals surface area contributed by atoms with Gasteiger partial charge in [-0.15, -0.1) is 0 Å². The van der Waals surface area contributed by atoms with Gasteiger partial charge in [0.25, 0.3) is 0 Å². The van der Waals surface area contributed by atoms with Gasteiger partial charge in [0.15, 0.2) is 0 Å². The van der Waals surface area contributed by atoms with Gasteiger partial charge < -0.3 is 15.4 Å². The molecule has 98 valence electrons. The van der Waals surface area contributed by atoms with Gasteiger partial charge in [0.05, 0.1) is 12.7 Å². The Morgan fingerprint density at radius 1 is 1.41 bits per heavy atom. The lowest BCUT2D eigenvalue weighted by atomic mass is 9.75. The van der Waals surface area contributed by atoms with E-state index in [1.807, 2.05) is 0 Å². The van der Waals surface area contributed by atoms with Crippen LogP contribution in [0.5, 0.6) is 0 Å². The maximum absolute atomic E-state index is 12.2. The first kappa shape index (κ1) is 12.8. The molecular formula is C13H24N2O2. The zero-order valence-corrected chi connectivity index (χ0v) is 10.8. The Morgan fingerprint density at radius 3 is 2.82 bits per heavy atom. The molecule has 2 fully saturated rings. The fourth-order valence-corrected chi connectivity index (χ4v) is 2.73. The molecule has 1 atom stereocenters. The van der Waals surface area contributed by atoms with Crippen molar-refractivity contribution in [3.63, 3.8) is 0 Å².